The Bertz CT molecular complexity index is 690. The minimum absolute atomic E-state index is 0.374. The van der Waals surface area contributed by atoms with Crippen molar-refractivity contribution in [2.45, 2.75) is 11.6 Å². The van der Waals surface area contributed by atoms with Crippen LogP contribution in [0.2, 0.25) is 5.02 Å². The molecule has 0 saturated carbocycles. The van der Waals surface area contributed by atoms with Crippen molar-refractivity contribution in [3.8, 4) is 5.75 Å². The average Bonchev–Trinajstić information content (AvgIpc) is 2.54. The van der Waals surface area contributed by atoms with E-state index in [0.29, 0.717) is 21.9 Å². The molecule has 118 valence electrons. The lowest BCUT2D eigenvalue weighted by Crippen LogP contribution is -2.16. The van der Waals surface area contributed by atoms with E-state index in [4.69, 9.17) is 22.1 Å². The summed E-state index contributed by atoms with van der Waals surface area (Å²) in [6.45, 7) is 0. The number of ether oxygens (including phenoxy) is 1. The highest BCUT2D eigenvalue weighted by Gasteiger charge is 2.32. The van der Waals surface area contributed by atoms with Crippen LogP contribution in [-0.2, 0) is 0 Å². The van der Waals surface area contributed by atoms with E-state index in [-0.39, 0.29) is 0 Å². The van der Waals surface area contributed by atoms with Crippen LogP contribution in [0.15, 0.2) is 48.5 Å². The van der Waals surface area contributed by atoms with Crippen LogP contribution in [-0.4, -0.2) is 23.4 Å². The van der Waals surface area contributed by atoms with Crippen molar-refractivity contribution in [1.29, 1.82) is 0 Å². The summed E-state index contributed by atoms with van der Waals surface area (Å²) in [4.78, 5) is 10.7. The van der Waals surface area contributed by atoms with Gasteiger partial charge in [-0.15, -0.1) is 0 Å². The molecule has 0 radical (unpaired) electrons. The average molecular weight is 340 g/mol. The molecule has 2 aromatic rings. The minimum atomic E-state index is -3.16. The highest BCUT2D eigenvalue weighted by molar-refractivity contribution is 7.68. The minimum Gasteiger partial charge on any atom is -0.497 e. The zero-order valence-corrected chi connectivity index (χ0v) is 13.8. The first kappa shape index (κ1) is 17.1. The largest absolute Gasteiger partial charge is 0.497 e. The molecule has 4 nitrogen and oxygen atoms in total. The van der Waals surface area contributed by atoms with E-state index >= 15 is 0 Å². The third-order valence-electron chi connectivity index (χ3n) is 3.55. The van der Waals surface area contributed by atoms with Gasteiger partial charge in [-0.3, -0.25) is 0 Å². The van der Waals surface area contributed by atoms with Gasteiger partial charge in [-0.05, 0) is 23.8 Å². The van der Waals surface area contributed by atoms with Crippen LogP contribution in [0.5, 0.6) is 5.75 Å². The smallest absolute Gasteiger partial charge is 0.123 e. The molecule has 3 unspecified atom stereocenters. The maximum Gasteiger partial charge on any atom is 0.123 e. The van der Waals surface area contributed by atoms with Gasteiger partial charge in [-0.25, -0.2) is 0 Å². The highest BCUT2D eigenvalue weighted by atomic mass is 35.5. The van der Waals surface area contributed by atoms with E-state index in [1.165, 1.54) is 0 Å². The Balaban J connectivity index is 2.31. The van der Waals surface area contributed by atoms with Crippen molar-refractivity contribution < 1.29 is 14.7 Å². The van der Waals surface area contributed by atoms with Crippen molar-refractivity contribution in [3.05, 3.63) is 64.7 Å². The zero-order chi connectivity index (χ0) is 16.3. The molecule has 0 aromatic heterocycles. The van der Waals surface area contributed by atoms with Gasteiger partial charge in [0.1, 0.15) is 11.6 Å². The van der Waals surface area contributed by atoms with Gasteiger partial charge in [-0.1, -0.05) is 48.2 Å². The summed E-state index contributed by atoms with van der Waals surface area (Å²) in [6.07, 6.45) is 3.81. The van der Waals surface area contributed by atoms with E-state index in [9.17, 15) is 10.00 Å². The van der Waals surface area contributed by atoms with Crippen LogP contribution in [0.1, 0.15) is 22.8 Å². The van der Waals surface area contributed by atoms with Crippen molar-refractivity contribution in [2.75, 3.05) is 7.11 Å². The predicted octanol–water partition coefficient (Wildman–Crippen LogP) is 3.35. The normalized spacial score (nSPS) is 16.6. The fraction of sp³-hybridized carbons (Fsp3) is 0.188. The SMILES string of the molecule is C=P(O)(C(N)c1ccc(OC)cc1)C(O)c1ccccc1Cl. The number of nitrogens with two attached hydrogens (primary N) is 1. The summed E-state index contributed by atoms with van der Waals surface area (Å²) in [5.74, 6) is -1.31. The van der Waals surface area contributed by atoms with Crippen molar-refractivity contribution >= 4 is 25.0 Å². The molecule has 2 rings (SSSR count). The first-order valence-electron chi connectivity index (χ1n) is 6.65. The molecule has 0 aliphatic heterocycles. The monoisotopic (exact) mass is 339 g/mol. The van der Waals surface area contributed by atoms with Crippen LogP contribution < -0.4 is 10.5 Å². The lowest BCUT2D eigenvalue weighted by atomic mass is 10.2. The molecule has 0 aliphatic carbocycles. The lowest BCUT2D eigenvalue weighted by molar-refractivity contribution is 0.248. The Morgan fingerprint density at radius 3 is 2.32 bits per heavy atom. The second-order valence-corrected chi connectivity index (χ2v) is 8.23. The van der Waals surface area contributed by atoms with Crippen molar-refractivity contribution in [3.63, 3.8) is 0 Å². The molecular formula is C16H19ClNO3P. The van der Waals surface area contributed by atoms with Gasteiger partial charge in [0, 0.05) is 17.7 Å². The molecule has 0 fully saturated rings. The molecule has 4 N–H and O–H groups in total. The van der Waals surface area contributed by atoms with Crippen molar-refractivity contribution in [2.24, 2.45) is 5.73 Å². The first-order chi connectivity index (χ1) is 10.4. The van der Waals surface area contributed by atoms with E-state index in [0.717, 1.165) is 0 Å². The maximum absolute atomic E-state index is 10.7. The van der Waals surface area contributed by atoms with Gasteiger partial charge >= 0.3 is 0 Å². The Hall–Kier alpha value is -1.29. The number of rotatable bonds is 5. The number of halogens is 1. The van der Waals surface area contributed by atoms with Crippen LogP contribution in [0.25, 0.3) is 0 Å². The Morgan fingerprint density at radius 2 is 1.77 bits per heavy atom. The molecule has 6 heteroatoms. The Morgan fingerprint density at radius 1 is 1.18 bits per heavy atom. The quantitative estimate of drug-likeness (QED) is 0.730. The van der Waals surface area contributed by atoms with Gasteiger partial charge in [0.15, 0.2) is 0 Å². The number of hydrogen-bond acceptors (Lipinski definition) is 4. The van der Waals surface area contributed by atoms with E-state index in [1.807, 2.05) is 0 Å². The molecular weight excluding hydrogens is 321 g/mol. The summed E-state index contributed by atoms with van der Waals surface area (Å²) < 4.78 is 5.09. The van der Waals surface area contributed by atoms with Crippen LogP contribution in [0.3, 0.4) is 0 Å². The summed E-state index contributed by atoms with van der Waals surface area (Å²) >= 11 is 6.08. The number of hydrogen-bond donors (Lipinski definition) is 3. The molecule has 0 spiro atoms. The lowest BCUT2D eigenvalue weighted by Gasteiger charge is -2.30. The molecule has 0 bridgehead atoms. The fourth-order valence-corrected chi connectivity index (χ4v) is 4.15. The van der Waals surface area contributed by atoms with Gasteiger partial charge in [-0.2, -0.15) is 0 Å². The van der Waals surface area contributed by atoms with Crippen LogP contribution in [0.4, 0.5) is 0 Å². The van der Waals surface area contributed by atoms with Gasteiger partial charge in [0.25, 0.3) is 0 Å². The molecule has 3 atom stereocenters. The zero-order valence-electron chi connectivity index (χ0n) is 12.2. The summed E-state index contributed by atoms with van der Waals surface area (Å²) in [6, 6.07) is 13.8. The molecule has 2 aromatic carbocycles. The molecule has 0 aliphatic rings. The van der Waals surface area contributed by atoms with E-state index in [2.05, 4.69) is 6.30 Å². The third-order valence-corrected chi connectivity index (χ3v) is 6.28. The summed E-state index contributed by atoms with van der Waals surface area (Å²) in [5, 5.41) is 10.9. The van der Waals surface area contributed by atoms with Crippen molar-refractivity contribution in [1.82, 2.24) is 0 Å². The summed E-state index contributed by atoms with van der Waals surface area (Å²) in [7, 11) is -1.59. The number of aliphatic hydroxyl groups is 1. The maximum atomic E-state index is 10.7. The van der Waals surface area contributed by atoms with Crippen LogP contribution >= 0.6 is 18.7 Å². The Labute approximate surface area is 135 Å². The molecule has 0 amide bonds. The number of methoxy groups -OCH3 is 1. The standard InChI is InChI=1S/C16H19ClNO3P/c1-21-12-9-7-11(8-10-12)15(18)22(2,20)16(19)13-5-3-4-6-14(13)17/h3-10,15-16,19-20H,2,18H2,1H3. The fourth-order valence-electron chi connectivity index (χ4n) is 2.14. The topological polar surface area (TPSA) is 75.7 Å². The number of benzene rings is 2. The van der Waals surface area contributed by atoms with Crippen LogP contribution in [0, 0.1) is 0 Å². The predicted molar refractivity (Wildman–Crippen MR) is 92.6 cm³/mol. The number of aliphatic hydroxyl groups excluding tert-OH is 1. The first-order valence-corrected chi connectivity index (χ1v) is 9.09. The van der Waals surface area contributed by atoms with E-state index in [1.54, 1.807) is 55.6 Å². The summed E-state index contributed by atoms with van der Waals surface area (Å²) in [5.41, 5.74) is 7.25. The van der Waals surface area contributed by atoms with E-state index < -0.39 is 18.7 Å². The van der Waals surface area contributed by atoms with Gasteiger partial charge in [0.2, 0.25) is 0 Å². The Kier molecular flexibility index (Phi) is 5.32. The molecule has 22 heavy (non-hydrogen) atoms. The molecule has 0 saturated heterocycles. The third kappa shape index (κ3) is 3.37. The highest BCUT2D eigenvalue weighted by Crippen LogP contribution is 2.62. The van der Waals surface area contributed by atoms with Gasteiger partial charge in [0.05, 0.1) is 12.9 Å². The molecule has 0 heterocycles. The second kappa shape index (κ2) is 6.86. The second-order valence-electron chi connectivity index (χ2n) is 5.00. The van der Waals surface area contributed by atoms with Gasteiger partial charge < -0.3 is 20.5 Å².